The summed E-state index contributed by atoms with van der Waals surface area (Å²) < 4.78 is 45.1. The summed E-state index contributed by atoms with van der Waals surface area (Å²) in [6, 6.07) is 18.3. The van der Waals surface area contributed by atoms with Crippen LogP contribution < -0.4 is 4.74 Å². The molecule has 170 valence electrons. The lowest BCUT2D eigenvalue weighted by Gasteiger charge is -2.11. The maximum Gasteiger partial charge on any atom is 0.182 e. The molecule has 0 fully saturated rings. The van der Waals surface area contributed by atoms with Gasteiger partial charge in [-0.15, -0.1) is 5.10 Å². The Bertz CT molecular complexity index is 1640. The van der Waals surface area contributed by atoms with E-state index < -0.39 is 15.7 Å². The number of hydrogen-bond acceptors (Lipinski definition) is 6. The van der Waals surface area contributed by atoms with Crippen molar-refractivity contribution in [3.8, 4) is 34.2 Å². The zero-order chi connectivity index (χ0) is 23.9. The van der Waals surface area contributed by atoms with Gasteiger partial charge in [0.25, 0.3) is 0 Å². The first-order chi connectivity index (χ1) is 16.3. The van der Waals surface area contributed by atoms with E-state index in [0.717, 1.165) is 17.0 Å². The number of benzene rings is 3. The van der Waals surface area contributed by atoms with Crippen molar-refractivity contribution in [1.82, 2.24) is 19.7 Å². The fraction of sp³-hybridized carbons (Fsp3) is 0.0800. The Balaban J connectivity index is 1.80. The van der Waals surface area contributed by atoms with Crippen LogP contribution in [0.4, 0.5) is 4.39 Å². The maximum atomic E-state index is 13.9. The number of methoxy groups -OCH3 is 1. The van der Waals surface area contributed by atoms with Gasteiger partial charge < -0.3 is 4.74 Å². The maximum absolute atomic E-state index is 13.9. The van der Waals surface area contributed by atoms with Crippen LogP contribution in [-0.2, 0) is 9.84 Å². The highest BCUT2D eigenvalue weighted by atomic mass is 32.2. The minimum Gasteiger partial charge on any atom is -0.494 e. The number of ether oxygens (including phenoxy) is 1. The van der Waals surface area contributed by atoms with Gasteiger partial charge in [-0.2, -0.15) is 0 Å². The minimum atomic E-state index is -3.42. The average Bonchev–Trinajstić information content (AvgIpc) is 3.28. The van der Waals surface area contributed by atoms with Crippen molar-refractivity contribution in [2.75, 3.05) is 13.4 Å². The van der Waals surface area contributed by atoms with Gasteiger partial charge in [0, 0.05) is 41.2 Å². The third kappa shape index (κ3) is 3.90. The van der Waals surface area contributed by atoms with Gasteiger partial charge in [0.05, 0.1) is 12.0 Å². The molecule has 0 radical (unpaired) electrons. The quantitative estimate of drug-likeness (QED) is 0.367. The van der Waals surface area contributed by atoms with Crippen LogP contribution in [0.1, 0.15) is 0 Å². The molecule has 0 spiro atoms. The molecule has 0 N–H and O–H groups in total. The second-order valence-electron chi connectivity index (χ2n) is 7.70. The van der Waals surface area contributed by atoms with Gasteiger partial charge in [0.15, 0.2) is 21.5 Å². The van der Waals surface area contributed by atoms with Crippen molar-refractivity contribution in [3.05, 3.63) is 84.9 Å². The van der Waals surface area contributed by atoms with Crippen LogP contribution in [0.25, 0.3) is 39.2 Å². The molecule has 5 aromatic rings. The van der Waals surface area contributed by atoms with Crippen molar-refractivity contribution in [2.45, 2.75) is 4.90 Å². The summed E-state index contributed by atoms with van der Waals surface area (Å²) in [5.74, 6) is 0.583. The molecule has 0 amide bonds. The molecule has 9 heteroatoms. The number of halogens is 1. The van der Waals surface area contributed by atoms with E-state index in [1.165, 1.54) is 31.4 Å². The third-order valence-electron chi connectivity index (χ3n) is 5.41. The van der Waals surface area contributed by atoms with E-state index in [-0.39, 0.29) is 10.6 Å². The number of pyridine rings is 1. The molecule has 0 aliphatic rings. The van der Waals surface area contributed by atoms with Gasteiger partial charge >= 0.3 is 0 Å². The summed E-state index contributed by atoms with van der Waals surface area (Å²) in [5.41, 5.74) is 1.71. The van der Waals surface area contributed by atoms with Crippen molar-refractivity contribution >= 4 is 20.6 Å². The van der Waals surface area contributed by atoms with Crippen LogP contribution in [0.15, 0.2) is 84.0 Å². The normalized spacial score (nSPS) is 11.6. The number of nitrogens with zero attached hydrogens (tertiary/aromatic N) is 4. The Morgan fingerprint density at radius 1 is 0.971 bits per heavy atom. The Kier molecular flexibility index (Phi) is 5.33. The van der Waals surface area contributed by atoms with Crippen LogP contribution >= 0.6 is 0 Å². The van der Waals surface area contributed by atoms with Gasteiger partial charge in [-0.3, -0.25) is 4.98 Å². The molecule has 0 aliphatic heterocycles. The van der Waals surface area contributed by atoms with Gasteiger partial charge in [0.1, 0.15) is 17.3 Å². The number of sulfone groups is 1. The molecular weight excluding hydrogens is 455 g/mol. The number of hydrogen-bond donors (Lipinski definition) is 0. The first-order valence-corrected chi connectivity index (χ1v) is 12.2. The number of aromatic nitrogens is 4. The molecule has 34 heavy (non-hydrogen) atoms. The Morgan fingerprint density at radius 3 is 2.59 bits per heavy atom. The van der Waals surface area contributed by atoms with Crippen molar-refractivity contribution in [2.24, 2.45) is 0 Å². The molecule has 0 unspecified atom stereocenters. The van der Waals surface area contributed by atoms with Crippen LogP contribution in [0.2, 0.25) is 0 Å². The Morgan fingerprint density at radius 2 is 1.79 bits per heavy atom. The predicted molar refractivity (Wildman–Crippen MR) is 127 cm³/mol. The average molecular weight is 475 g/mol. The van der Waals surface area contributed by atoms with Crippen molar-refractivity contribution < 1.29 is 17.5 Å². The van der Waals surface area contributed by atoms with E-state index in [1.807, 2.05) is 24.3 Å². The molecule has 5 rings (SSSR count). The van der Waals surface area contributed by atoms with Gasteiger partial charge in [-0.1, -0.05) is 36.4 Å². The highest BCUT2D eigenvalue weighted by Crippen LogP contribution is 2.33. The summed E-state index contributed by atoms with van der Waals surface area (Å²) >= 11 is 0. The fourth-order valence-electron chi connectivity index (χ4n) is 3.76. The fourth-order valence-corrected chi connectivity index (χ4v) is 4.43. The second kappa shape index (κ2) is 8.35. The summed E-state index contributed by atoms with van der Waals surface area (Å²) in [4.78, 5) is 9.28. The smallest absolute Gasteiger partial charge is 0.182 e. The van der Waals surface area contributed by atoms with Crippen LogP contribution in [0, 0.1) is 5.82 Å². The lowest BCUT2D eigenvalue weighted by molar-refractivity contribution is 0.408. The van der Waals surface area contributed by atoms with E-state index in [4.69, 9.17) is 9.72 Å². The molecule has 2 aromatic heterocycles. The van der Waals surface area contributed by atoms with Crippen LogP contribution in [-0.4, -0.2) is 41.5 Å². The van der Waals surface area contributed by atoms with E-state index in [1.54, 1.807) is 35.3 Å². The third-order valence-corrected chi connectivity index (χ3v) is 6.52. The highest BCUT2D eigenvalue weighted by Gasteiger charge is 2.21. The van der Waals surface area contributed by atoms with Gasteiger partial charge in [0.2, 0.25) is 0 Å². The van der Waals surface area contributed by atoms with E-state index >= 15 is 0 Å². The molecular formula is C25H19FN4O3S. The van der Waals surface area contributed by atoms with E-state index in [2.05, 4.69) is 10.1 Å². The molecule has 0 atom stereocenters. The first-order valence-electron chi connectivity index (χ1n) is 10.3. The van der Waals surface area contributed by atoms with Crippen molar-refractivity contribution in [1.29, 1.82) is 0 Å². The second-order valence-corrected chi connectivity index (χ2v) is 9.71. The first kappa shape index (κ1) is 21.7. The monoisotopic (exact) mass is 474 g/mol. The SMILES string of the molecule is COc1cc(F)ccc1-n1nc(-c2cccc(S(C)(=O)=O)c2)nc1-c1cncc2ccccc12. The summed E-state index contributed by atoms with van der Waals surface area (Å²) in [6.45, 7) is 0. The minimum absolute atomic E-state index is 0.161. The zero-order valence-corrected chi connectivity index (χ0v) is 19.1. The zero-order valence-electron chi connectivity index (χ0n) is 18.3. The summed E-state index contributed by atoms with van der Waals surface area (Å²) in [7, 11) is -1.97. The van der Waals surface area contributed by atoms with Crippen LogP contribution in [0.5, 0.6) is 5.75 Å². The molecule has 0 saturated carbocycles. The molecule has 0 aliphatic carbocycles. The van der Waals surface area contributed by atoms with Crippen molar-refractivity contribution in [3.63, 3.8) is 0 Å². The predicted octanol–water partition coefficient (Wildman–Crippen LogP) is 4.70. The van der Waals surface area contributed by atoms with Gasteiger partial charge in [-0.05, 0) is 29.7 Å². The van der Waals surface area contributed by atoms with Gasteiger partial charge in [-0.25, -0.2) is 22.5 Å². The molecule has 0 saturated heterocycles. The molecule has 7 nitrogen and oxygen atoms in total. The van der Waals surface area contributed by atoms with E-state index in [9.17, 15) is 12.8 Å². The Hall–Kier alpha value is -4.11. The van der Waals surface area contributed by atoms with Crippen LogP contribution in [0.3, 0.4) is 0 Å². The number of rotatable bonds is 5. The van der Waals surface area contributed by atoms with E-state index in [0.29, 0.717) is 28.5 Å². The Labute approximate surface area is 195 Å². The highest BCUT2D eigenvalue weighted by molar-refractivity contribution is 7.90. The lowest BCUT2D eigenvalue weighted by Crippen LogP contribution is -2.03. The molecule has 0 bridgehead atoms. The lowest BCUT2D eigenvalue weighted by atomic mass is 10.1. The molecule has 2 heterocycles. The largest absolute Gasteiger partial charge is 0.494 e. The number of fused-ring (bicyclic) bond motifs is 1. The summed E-state index contributed by atoms with van der Waals surface area (Å²) in [6.07, 6.45) is 4.60. The molecule has 3 aromatic carbocycles. The topological polar surface area (TPSA) is 87.0 Å². The standard InChI is InChI=1S/C25H19FN4O3S/c1-33-23-13-18(26)10-11-22(23)30-25(21-15-27-14-17-6-3-4-9-20(17)21)28-24(29-30)16-7-5-8-19(12-16)34(2,31)32/h3-15H,1-2H3. The summed E-state index contributed by atoms with van der Waals surface area (Å²) in [5, 5.41) is 6.50.